The molecule has 0 aromatic heterocycles. The minimum absolute atomic E-state index is 0.441. The summed E-state index contributed by atoms with van der Waals surface area (Å²) in [7, 11) is 0. The van der Waals surface area contributed by atoms with E-state index >= 15 is 0 Å². The Labute approximate surface area is 129 Å². The fourth-order valence-electron chi connectivity index (χ4n) is 1.78. The summed E-state index contributed by atoms with van der Waals surface area (Å²) in [5.74, 6) is 0.640. The molecule has 2 aromatic rings. The van der Waals surface area contributed by atoms with Crippen LogP contribution in [0.3, 0.4) is 0 Å². The molecular weight excluding hydrogens is 372 g/mol. The van der Waals surface area contributed by atoms with E-state index < -0.39 is 0 Å². The molecule has 0 saturated heterocycles. The molecule has 98 valence electrons. The predicted molar refractivity (Wildman–Crippen MR) is 82.7 cm³/mol. The molecule has 0 spiro atoms. The molecule has 2 rings (SSSR count). The number of aldehydes is 1. The van der Waals surface area contributed by atoms with Crippen LogP contribution in [-0.2, 0) is 6.61 Å². The Kier molecular flexibility index (Phi) is 4.77. The largest absolute Gasteiger partial charge is 0.488 e. The third kappa shape index (κ3) is 3.67. The smallest absolute Gasteiger partial charge is 0.153 e. The monoisotopic (exact) mass is 382 g/mol. The average molecular weight is 384 g/mol. The standard InChI is InChI=1S/C15H12Br2O2/c1-10-6-14(17)7-12(8-18)15(10)19-9-11-2-4-13(16)5-3-11/h2-8H,9H2,1H3. The first-order valence-corrected chi connectivity index (χ1v) is 7.31. The van der Waals surface area contributed by atoms with Gasteiger partial charge in [-0.1, -0.05) is 44.0 Å². The number of aryl methyl sites for hydroxylation is 1. The molecule has 0 aliphatic carbocycles. The zero-order valence-electron chi connectivity index (χ0n) is 10.3. The van der Waals surface area contributed by atoms with Gasteiger partial charge in [-0.25, -0.2) is 0 Å². The van der Waals surface area contributed by atoms with E-state index in [1.807, 2.05) is 37.3 Å². The third-order valence-electron chi connectivity index (χ3n) is 2.69. The van der Waals surface area contributed by atoms with Crippen molar-refractivity contribution in [2.45, 2.75) is 13.5 Å². The molecule has 0 amide bonds. The Morgan fingerprint density at radius 1 is 1.11 bits per heavy atom. The fraction of sp³-hybridized carbons (Fsp3) is 0.133. The topological polar surface area (TPSA) is 26.3 Å². The highest BCUT2D eigenvalue weighted by molar-refractivity contribution is 9.10. The van der Waals surface area contributed by atoms with Crippen LogP contribution in [0, 0.1) is 6.92 Å². The maximum atomic E-state index is 11.1. The van der Waals surface area contributed by atoms with Crippen molar-refractivity contribution in [1.82, 2.24) is 0 Å². The Hall–Kier alpha value is -1.13. The minimum atomic E-state index is 0.441. The van der Waals surface area contributed by atoms with Gasteiger partial charge < -0.3 is 4.74 Å². The van der Waals surface area contributed by atoms with E-state index in [4.69, 9.17) is 4.74 Å². The number of benzene rings is 2. The molecule has 0 radical (unpaired) electrons. The molecule has 2 nitrogen and oxygen atoms in total. The Morgan fingerprint density at radius 2 is 1.79 bits per heavy atom. The molecule has 0 bridgehead atoms. The first-order valence-electron chi connectivity index (χ1n) is 5.72. The van der Waals surface area contributed by atoms with Crippen LogP contribution < -0.4 is 4.74 Å². The highest BCUT2D eigenvalue weighted by atomic mass is 79.9. The summed E-state index contributed by atoms with van der Waals surface area (Å²) < 4.78 is 7.68. The number of hydrogen-bond donors (Lipinski definition) is 0. The predicted octanol–water partition coefficient (Wildman–Crippen LogP) is 4.91. The van der Waals surface area contributed by atoms with Gasteiger partial charge in [-0.2, -0.15) is 0 Å². The number of carbonyl (C=O) groups excluding carboxylic acids is 1. The van der Waals surface area contributed by atoms with Gasteiger partial charge in [0.25, 0.3) is 0 Å². The van der Waals surface area contributed by atoms with Gasteiger partial charge in [0.1, 0.15) is 12.4 Å². The molecule has 0 heterocycles. The van der Waals surface area contributed by atoms with Crippen molar-refractivity contribution in [3.63, 3.8) is 0 Å². The summed E-state index contributed by atoms with van der Waals surface area (Å²) in [6, 6.07) is 11.6. The van der Waals surface area contributed by atoms with Crippen LogP contribution in [0.25, 0.3) is 0 Å². The van der Waals surface area contributed by atoms with Gasteiger partial charge in [0.05, 0.1) is 5.56 Å². The highest BCUT2D eigenvalue weighted by Gasteiger charge is 2.08. The molecular formula is C15H12Br2O2. The zero-order chi connectivity index (χ0) is 13.8. The maximum absolute atomic E-state index is 11.1. The summed E-state index contributed by atoms with van der Waals surface area (Å²) in [6.07, 6.45) is 0.814. The summed E-state index contributed by atoms with van der Waals surface area (Å²) in [4.78, 5) is 11.1. The maximum Gasteiger partial charge on any atom is 0.153 e. The summed E-state index contributed by atoms with van der Waals surface area (Å²) in [6.45, 7) is 2.37. The van der Waals surface area contributed by atoms with Gasteiger partial charge in [0, 0.05) is 8.95 Å². The van der Waals surface area contributed by atoms with Crippen molar-refractivity contribution in [3.05, 3.63) is 62.0 Å². The van der Waals surface area contributed by atoms with E-state index in [-0.39, 0.29) is 0 Å². The van der Waals surface area contributed by atoms with Crippen LogP contribution in [-0.4, -0.2) is 6.29 Å². The number of hydrogen-bond acceptors (Lipinski definition) is 2. The first-order chi connectivity index (χ1) is 9.10. The van der Waals surface area contributed by atoms with Crippen LogP contribution in [0.15, 0.2) is 45.3 Å². The van der Waals surface area contributed by atoms with E-state index in [9.17, 15) is 4.79 Å². The molecule has 19 heavy (non-hydrogen) atoms. The van der Waals surface area contributed by atoms with E-state index in [2.05, 4.69) is 31.9 Å². The third-order valence-corrected chi connectivity index (χ3v) is 3.68. The summed E-state index contributed by atoms with van der Waals surface area (Å²) >= 11 is 6.76. The molecule has 0 unspecified atom stereocenters. The minimum Gasteiger partial charge on any atom is -0.488 e. The SMILES string of the molecule is Cc1cc(Br)cc(C=O)c1OCc1ccc(Br)cc1. The van der Waals surface area contributed by atoms with E-state index in [0.29, 0.717) is 17.9 Å². The summed E-state index contributed by atoms with van der Waals surface area (Å²) in [5.41, 5.74) is 2.56. The second kappa shape index (κ2) is 6.35. The number of carbonyl (C=O) groups is 1. The average Bonchev–Trinajstić information content (AvgIpc) is 2.39. The lowest BCUT2D eigenvalue weighted by Crippen LogP contribution is -2.00. The van der Waals surface area contributed by atoms with Gasteiger partial charge in [-0.15, -0.1) is 0 Å². The molecule has 0 atom stereocenters. The lowest BCUT2D eigenvalue weighted by molar-refractivity contribution is 0.111. The number of halogens is 2. The van der Waals surface area contributed by atoms with Crippen molar-refractivity contribution in [2.24, 2.45) is 0 Å². The Bertz CT molecular complexity index is 592. The Balaban J connectivity index is 2.19. The van der Waals surface area contributed by atoms with Gasteiger partial charge in [-0.05, 0) is 42.3 Å². The molecule has 0 saturated carbocycles. The van der Waals surface area contributed by atoms with Gasteiger partial charge in [0.2, 0.25) is 0 Å². The van der Waals surface area contributed by atoms with Crippen LogP contribution in [0.1, 0.15) is 21.5 Å². The van der Waals surface area contributed by atoms with E-state index in [1.165, 1.54) is 0 Å². The molecule has 2 aromatic carbocycles. The molecule has 0 fully saturated rings. The van der Waals surface area contributed by atoms with Crippen molar-refractivity contribution >= 4 is 38.1 Å². The Morgan fingerprint density at radius 3 is 2.42 bits per heavy atom. The molecule has 0 aliphatic heterocycles. The molecule has 0 N–H and O–H groups in total. The van der Waals surface area contributed by atoms with Crippen LogP contribution in [0.2, 0.25) is 0 Å². The quantitative estimate of drug-likeness (QED) is 0.701. The highest BCUT2D eigenvalue weighted by Crippen LogP contribution is 2.27. The number of rotatable bonds is 4. The lowest BCUT2D eigenvalue weighted by Gasteiger charge is -2.12. The second-order valence-electron chi connectivity index (χ2n) is 4.17. The van der Waals surface area contributed by atoms with E-state index in [1.54, 1.807) is 6.07 Å². The van der Waals surface area contributed by atoms with Crippen LogP contribution in [0.5, 0.6) is 5.75 Å². The van der Waals surface area contributed by atoms with Gasteiger partial charge in [0.15, 0.2) is 6.29 Å². The number of ether oxygens (including phenoxy) is 1. The van der Waals surface area contributed by atoms with Crippen molar-refractivity contribution in [2.75, 3.05) is 0 Å². The molecule has 0 aliphatic rings. The second-order valence-corrected chi connectivity index (χ2v) is 6.01. The zero-order valence-corrected chi connectivity index (χ0v) is 13.5. The van der Waals surface area contributed by atoms with Crippen molar-refractivity contribution in [3.8, 4) is 5.75 Å². The normalized spacial score (nSPS) is 10.3. The van der Waals surface area contributed by atoms with Crippen LogP contribution in [0.4, 0.5) is 0 Å². The van der Waals surface area contributed by atoms with Gasteiger partial charge >= 0.3 is 0 Å². The first kappa shape index (κ1) is 14.3. The van der Waals surface area contributed by atoms with Gasteiger partial charge in [-0.3, -0.25) is 4.79 Å². The van der Waals surface area contributed by atoms with Crippen LogP contribution >= 0.6 is 31.9 Å². The molecule has 4 heteroatoms. The van der Waals surface area contributed by atoms with Crippen molar-refractivity contribution in [1.29, 1.82) is 0 Å². The van der Waals surface area contributed by atoms with Crippen molar-refractivity contribution < 1.29 is 9.53 Å². The summed E-state index contributed by atoms with van der Waals surface area (Å²) in [5, 5.41) is 0. The lowest BCUT2D eigenvalue weighted by atomic mass is 10.1. The fourth-order valence-corrected chi connectivity index (χ4v) is 2.63. The van der Waals surface area contributed by atoms with E-state index in [0.717, 1.165) is 26.4 Å².